The van der Waals surface area contributed by atoms with Crippen LogP contribution in [0.5, 0.6) is 0 Å². The van der Waals surface area contributed by atoms with Crippen LogP contribution in [0.15, 0.2) is 255 Å². The van der Waals surface area contributed by atoms with Crippen LogP contribution in [0, 0.1) is 0 Å². The Morgan fingerprint density at radius 3 is 0.859 bits per heavy atom. The molecular weight excluding hydrogens is 949 g/mol. The van der Waals surface area contributed by atoms with Crippen molar-refractivity contribution in [3.63, 3.8) is 0 Å². The molecule has 0 N–H and O–H groups in total. The third-order valence-corrected chi connectivity index (χ3v) is 16.0. The maximum Gasteiger partial charge on any atom is 0.160 e. The van der Waals surface area contributed by atoms with Gasteiger partial charge in [-0.2, -0.15) is 0 Å². The van der Waals surface area contributed by atoms with Gasteiger partial charge in [-0.3, -0.25) is 0 Å². The largest absolute Gasteiger partial charge is 0.310 e. The molecule has 14 rings (SSSR count). The van der Waals surface area contributed by atoms with Crippen molar-refractivity contribution < 1.29 is 0 Å². The summed E-state index contributed by atoms with van der Waals surface area (Å²) in [7, 11) is 0. The fraction of sp³-hybridized carbons (Fsp3) is 0.0833. The fourth-order valence-electron chi connectivity index (χ4n) is 12.1. The number of benzene rings is 10. The molecule has 6 heteroatoms. The lowest BCUT2D eigenvalue weighted by Gasteiger charge is -2.42. The Hall–Kier alpha value is -9.78. The highest BCUT2D eigenvalue weighted by atomic mass is 15.2. The van der Waals surface area contributed by atoms with Crippen LogP contribution in [0.3, 0.4) is 0 Å². The van der Waals surface area contributed by atoms with Crippen molar-refractivity contribution in [2.45, 2.75) is 38.5 Å². The highest BCUT2D eigenvalue weighted by molar-refractivity contribution is 6.10. The van der Waals surface area contributed by atoms with E-state index in [0.717, 1.165) is 101 Å². The number of nitrogens with zero attached hydrogens (tertiary/aromatic N) is 6. The first-order valence-corrected chi connectivity index (χ1v) is 26.8. The lowest BCUT2D eigenvalue weighted by Crippen LogP contribution is -2.30. The van der Waals surface area contributed by atoms with Gasteiger partial charge in [0.15, 0.2) is 11.6 Å². The molecule has 372 valence electrons. The second-order valence-electron chi connectivity index (χ2n) is 21.5. The maximum absolute atomic E-state index is 5.62. The van der Waals surface area contributed by atoms with Gasteiger partial charge in [0.05, 0.1) is 45.5 Å². The van der Waals surface area contributed by atoms with Gasteiger partial charge in [-0.15, -0.1) is 0 Å². The van der Waals surface area contributed by atoms with Crippen molar-refractivity contribution in [2.75, 3.05) is 9.80 Å². The van der Waals surface area contributed by atoms with Crippen molar-refractivity contribution in [3.05, 3.63) is 277 Å². The molecule has 2 aromatic heterocycles. The molecule has 0 bridgehead atoms. The molecule has 78 heavy (non-hydrogen) atoms. The van der Waals surface area contributed by atoms with E-state index >= 15 is 0 Å². The zero-order valence-corrected chi connectivity index (χ0v) is 43.9. The van der Waals surface area contributed by atoms with Gasteiger partial charge in [-0.05, 0) is 93.7 Å². The van der Waals surface area contributed by atoms with Crippen LogP contribution in [-0.4, -0.2) is 19.9 Å². The predicted molar refractivity (Wildman–Crippen MR) is 321 cm³/mol. The molecule has 0 saturated heterocycles. The van der Waals surface area contributed by atoms with Gasteiger partial charge in [0, 0.05) is 55.6 Å². The third-order valence-electron chi connectivity index (χ3n) is 16.0. The summed E-state index contributed by atoms with van der Waals surface area (Å²) in [4.78, 5) is 26.8. The second kappa shape index (κ2) is 18.5. The number of para-hydroxylation sites is 4. The quantitative estimate of drug-likeness (QED) is 0.151. The lowest BCUT2D eigenvalue weighted by atomic mass is 9.73. The number of hydrogen-bond acceptors (Lipinski definition) is 6. The minimum Gasteiger partial charge on any atom is -0.310 e. The minimum atomic E-state index is -0.260. The summed E-state index contributed by atoms with van der Waals surface area (Å²) in [5, 5.41) is 2.03. The van der Waals surface area contributed by atoms with Gasteiger partial charge in [0.25, 0.3) is 0 Å². The van der Waals surface area contributed by atoms with E-state index in [0.29, 0.717) is 11.6 Å². The van der Waals surface area contributed by atoms with Crippen LogP contribution >= 0.6 is 0 Å². The zero-order valence-electron chi connectivity index (χ0n) is 43.9. The van der Waals surface area contributed by atoms with E-state index in [9.17, 15) is 0 Å². The number of hydrogen-bond donors (Lipinski definition) is 0. The molecule has 0 amide bonds. The van der Waals surface area contributed by atoms with Gasteiger partial charge < -0.3 is 9.80 Å². The lowest BCUT2D eigenvalue weighted by molar-refractivity contribution is 0.631. The summed E-state index contributed by atoms with van der Waals surface area (Å²) in [6, 6.07) is 90.9. The van der Waals surface area contributed by atoms with Crippen LogP contribution in [0.25, 0.3) is 78.6 Å². The molecule has 0 unspecified atom stereocenters. The standard InChI is InChI=1S/C72H54N6/c1-71(2)57-33-17-21-37-65(57)77(66-38-22-18-34-58(66)71)51-41-53-54(55(43-51)63-45-61(47-25-9-5-10-26-47)73-69(75-63)49-29-13-7-14-30-49)42-52(78-67-39-23-19-35-59(67)72(3,4)60-36-20-24-40-68(60)78)44-56(53)64-46-62(48-27-11-6-12-28-48)74-70(76-64)50-31-15-8-16-32-50/h5-46H,1-4H3. The highest BCUT2D eigenvalue weighted by Gasteiger charge is 2.39. The summed E-state index contributed by atoms with van der Waals surface area (Å²) >= 11 is 0. The molecule has 2 aliphatic heterocycles. The smallest absolute Gasteiger partial charge is 0.160 e. The first kappa shape index (κ1) is 46.7. The van der Waals surface area contributed by atoms with Gasteiger partial charge in [0.2, 0.25) is 0 Å². The summed E-state index contributed by atoms with van der Waals surface area (Å²) in [6.07, 6.45) is 0. The van der Waals surface area contributed by atoms with Crippen molar-refractivity contribution in [3.8, 4) is 67.8 Å². The monoisotopic (exact) mass is 1000 g/mol. The topological polar surface area (TPSA) is 58.0 Å². The summed E-state index contributed by atoms with van der Waals surface area (Å²) < 4.78 is 0. The number of anilines is 6. The van der Waals surface area contributed by atoms with Crippen LogP contribution in [-0.2, 0) is 10.8 Å². The Balaban J connectivity index is 1.15. The Labute approximate surface area is 455 Å². The molecule has 4 heterocycles. The van der Waals surface area contributed by atoms with Crippen LogP contribution in [0.4, 0.5) is 34.1 Å². The Morgan fingerprint density at radius 2 is 0.538 bits per heavy atom. The maximum atomic E-state index is 5.62. The molecule has 0 spiro atoms. The molecule has 0 atom stereocenters. The summed E-state index contributed by atoms with van der Waals surface area (Å²) in [5.41, 5.74) is 20.1. The van der Waals surface area contributed by atoms with Crippen molar-refractivity contribution >= 4 is 44.9 Å². The summed E-state index contributed by atoms with van der Waals surface area (Å²) in [5.74, 6) is 1.29. The van der Waals surface area contributed by atoms with Gasteiger partial charge in [0.1, 0.15) is 0 Å². The minimum absolute atomic E-state index is 0.260. The van der Waals surface area contributed by atoms with E-state index in [1.54, 1.807) is 0 Å². The first-order valence-electron chi connectivity index (χ1n) is 26.8. The predicted octanol–water partition coefficient (Wildman–Crippen LogP) is 18.6. The fourth-order valence-corrected chi connectivity index (χ4v) is 12.1. The van der Waals surface area contributed by atoms with Crippen molar-refractivity contribution in [2.24, 2.45) is 0 Å². The average Bonchev–Trinajstić information content (AvgIpc) is 3.69. The van der Waals surface area contributed by atoms with Crippen LogP contribution in [0.2, 0.25) is 0 Å². The van der Waals surface area contributed by atoms with E-state index in [-0.39, 0.29) is 10.8 Å². The molecular formula is C72H54N6. The molecule has 0 fully saturated rings. The molecule has 0 aliphatic carbocycles. The number of rotatable bonds is 8. The Bertz CT molecular complexity index is 3780. The molecule has 2 aliphatic rings. The van der Waals surface area contributed by atoms with E-state index < -0.39 is 0 Å². The van der Waals surface area contributed by atoms with Crippen LogP contribution in [0.1, 0.15) is 49.9 Å². The molecule has 12 aromatic rings. The van der Waals surface area contributed by atoms with E-state index in [4.69, 9.17) is 19.9 Å². The van der Waals surface area contributed by atoms with Crippen molar-refractivity contribution in [1.82, 2.24) is 19.9 Å². The number of fused-ring (bicyclic) bond motifs is 5. The second-order valence-corrected chi connectivity index (χ2v) is 21.5. The van der Waals surface area contributed by atoms with E-state index in [2.05, 4.69) is 280 Å². The van der Waals surface area contributed by atoms with E-state index in [1.807, 2.05) is 12.1 Å². The Morgan fingerprint density at radius 1 is 0.269 bits per heavy atom. The van der Waals surface area contributed by atoms with Crippen molar-refractivity contribution in [1.29, 1.82) is 0 Å². The third kappa shape index (κ3) is 7.78. The highest BCUT2D eigenvalue weighted by Crippen LogP contribution is 2.56. The average molecular weight is 1000 g/mol. The molecule has 0 saturated carbocycles. The Kier molecular flexibility index (Phi) is 11.1. The van der Waals surface area contributed by atoms with Gasteiger partial charge in [-0.25, -0.2) is 19.9 Å². The number of aromatic nitrogens is 4. The zero-order chi connectivity index (χ0) is 52.5. The first-order chi connectivity index (χ1) is 38.2. The molecule has 0 radical (unpaired) electrons. The summed E-state index contributed by atoms with van der Waals surface area (Å²) in [6.45, 7) is 9.36. The SMILES string of the molecule is CC1(C)c2ccccc2N(c2cc(-c3cc(-c4ccccc4)nc(-c4ccccc4)n3)c3cc(N4c5ccccc5C(C)(C)c5ccccc54)cc(-c4cc(-c5ccccc5)nc(-c5ccccc5)n4)c3c2)c2ccccc21. The van der Waals surface area contributed by atoms with E-state index in [1.165, 1.54) is 22.3 Å². The van der Waals surface area contributed by atoms with Gasteiger partial charge in [-0.1, -0.05) is 222 Å². The van der Waals surface area contributed by atoms with Crippen LogP contribution < -0.4 is 9.80 Å². The molecule has 6 nitrogen and oxygen atoms in total. The molecule has 10 aromatic carbocycles. The normalized spacial score (nSPS) is 13.8. The van der Waals surface area contributed by atoms with Gasteiger partial charge >= 0.3 is 0 Å².